The first-order valence-corrected chi connectivity index (χ1v) is 17.0. The van der Waals surface area contributed by atoms with E-state index >= 15 is 4.39 Å². The summed E-state index contributed by atoms with van der Waals surface area (Å²) in [4.78, 5) is 27.0. The van der Waals surface area contributed by atoms with Gasteiger partial charge >= 0.3 is 12.1 Å². The predicted molar refractivity (Wildman–Crippen MR) is 177 cm³/mol. The van der Waals surface area contributed by atoms with Gasteiger partial charge in [0.25, 0.3) is 0 Å². The average molecular weight is 756 g/mol. The van der Waals surface area contributed by atoms with Crippen molar-refractivity contribution < 1.29 is 37.6 Å². The Labute approximate surface area is 290 Å². The van der Waals surface area contributed by atoms with Crippen molar-refractivity contribution in [3.8, 4) is 17.6 Å². The molecule has 2 unspecified atom stereocenters. The van der Waals surface area contributed by atoms with Gasteiger partial charge in [0.05, 0.1) is 29.8 Å². The summed E-state index contributed by atoms with van der Waals surface area (Å²) in [7, 11) is 0. The Bertz CT molecular complexity index is 1680. The third-order valence-corrected chi connectivity index (χ3v) is 10.2. The summed E-state index contributed by atoms with van der Waals surface area (Å²) in [6.07, 6.45) is 2.07. The molecule has 0 spiro atoms. The number of aromatic nitrogens is 3. The molecule has 3 aliphatic rings. The lowest BCUT2D eigenvalue weighted by Gasteiger charge is -2.30. The Hall–Kier alpha value is -3.11. The number of amides is 1. The largest absolute Gasteiger partial charge is 0.493 e. The van der Waals surface area contributed by atoms with Crippen LogP contribution in [-0.2, 0) is 16.0 Å². The van der Waals surface area contributed by atoms with Gasteiger partial charge in [-0.3, -0.25) is 10.2 Å². The molecule has 0 aliphatic carbocycles. The van der Waals surface area contributed by atoms with Crippen LogP contribution in [0.3, 0.4) is 0 Å². The summed E-state index contributed by atoms with van der Waals surface area (Å²) >= 11 is 9.71. The Kier molecular flexibility index (Phi) is 10.1. The molecule has 1 amide bonds. The smallest absolute Gasteiger partial charge is 0.413 e. The van der Waals surface area contributed by atoms with E-state index in [4.69, 9.17) is 30.5 Å². The molecule has 4 atom stereocenters. The number of aromatic hydroxyl groups is 1. The second-order valence-corrected chi connectivity index (χ2v) is 14.6. The number of alkyl halides is 1. The van der Waals surface area contributed by atoms with Crippen LogP contribution < -0.4 is 20.1 Å². The molecule has 3 fully saturated rings. The number of carbonyl (C=O) groups is 1. The third-order valence-electron chi connectivity index (χ3n) is 8.83. The van der Waals surface area contributed by atoms with Gasteiger partial charge in [-0.05, 0) is 62.2 Å². The van der Waals surface area contributed by atoms with E-state index in [0.29, 0.717) is 38.5 Å². The maximum atomic E-state index is 15.5. The highest BCUT2D eigenvalue weighted by molar-refractivity contribution is 9.10. The number of carbonyl (C=O) groups excluding carboxylic acids is 1. The van der Waals surface area contributed by atoms with Gasteiger partial charge in [0.15, 0.2) is 11.6 Å². The number of pyridine rings is 1. The number of fused-ring (bicyclic) bond motifs is 2. The lowest BCUT2D eigenvalue weighted by atomic mass is 9.95. The standard InChI is InChI=1S/C32H38BrClF2N6O6/c1-31(2,3)48-30(44)40-27-17(6-4-8-37-27)11-38-20-15-45-13-18(20)14-46-26-21-25(24(36)22(33)23(26)34)39-29(41-28(21)43)47-16-32-7-5-9-42(32)12-19(35)10-32/h4,6,8,18-20,38H,5,7,9-16H2,1-3H3,(H,37,40,44)(H,39,41,43)/t18?,19-,20?,32+/m1/s1. The summed E-state index contributed by atoms with van der Waals surface area (Å²) in [6.45, 7) is 7.80. The number of nitrogens with one attached hydrogen (secondary N) is 2. The molecule has 3 aliphatic heterocycles. The molecule has 16 heteroatoms. The minimum atomic E-state index is -0.941. The SMILES string of the molecule is CC(C)(C)OC(=O)Nc1ncccc1CNC1COCC1COc1c(Cl)c(Br)c(F)c2nc(OC[C@@]34CCCN3C[C@H](F)C4)nc(O)c12. The van der Waals surface area contributed by atoms with Crippen LogP contribution in [0.2, 0.25) is 5.02 Å². The van der Waals surface area contributed by atoms with Crippen molar-refractivity contribution in [3.05, 3.63) is 39.2 Å². The Morgan fingerprint density at radius 2 is 2.10 bits per heavy atom. The summed E-state index contributed by atoms with van der Waals surface area (Å²) < 4.78 is 52.7. The molecule has 260 valence electrons. The van der Waals surface area contributed by atoms with Crippen molar-refractivity contribution in [2.24, 2.45) is 5.92 Å². The third kappa shape index (κ3) is 7.39. The molecule has 1 aromatic carbocycles. The van der Waals surface area contributed by atoms with Crippen LogP contribution in [0.1, 0.15) is 45.6 Å². The van der Waals surface area contributed by atoms with Crippen molar-refractivity contribution >= 4 is 50.3 Å². The highest BCUT2D eigenvalue weighted by Gasteiger charge is 2.49. The molecule has 48 heavy (non-hydrogen) atoms. The molecule has 3 N–H and O–H groups in total. The van der Waals surface area contributed by atoms with Gasteiger partial charge in [0.1, 0.15) is 40.1 Å². The number of anilines is 1. The molecule has 12 nitrogen and oxygen atoms in total. The molecular weight excluding hydrogens is 718 g/mol. The lowest BCUT2D eigenvalue weighted by Crippen LogP contribution is -2.43. The van der Waals surface area contributed by atoms with Crippen LogP contribution in [0.15, 0.2) is 22.8 Å². The second-order valence-electron chi connectivity index (χ2n) is 13.4. The molecule has 0 radical (unpaired) electrons. The van der Waals surface area contributed by atoms with E-state index in [1.54, 1.807) is 33.0 Å². The van der Waals surface area contributed by atoms with Crippen molar-refractivity contribution in [2.75, 3.05) is 44.8 Å². The molecule has 0 saturated carbocycles. The fraction of sp³-hybridized carbons (Fsp3) is 0.562. The van der Waals surface area contributed by atoms with Gasteiger partial charge in [-0.1, -0.05) is 17.7 Å². The Morgan fingerprint density at radius 3 is 2.90 bits per heavy atom. The van der Waals surface area contributed by atoms with Gasteiger partial charge in [0.2, 0.25) is 5.88 Å². The summed E-state index contributed by atoms with van der Waals surface area (Å²) in [5.41, 5.74) is -0.628. The number of nitrogens with zero attached hydrogens (tertiary/aromatic N) is 4. The van der Waals surface area contributed by atoms with Gasteiger partial charge in [-0.25, -0.2) is 18.6 Å². The van der Waals surface area contributed by atoms with Crippen molar-refractivity contribution in [3.63, 3.8) is 0 Å². The van der Waals surface area contributed by atoms with Gasteiger partial charge in [0, 0.05) is 43.2 Å². The molecule has 2 aromatic heterocycles. The summed E-state index contributed by atoms with van der Waals surface area (Å²) in [5, 5.41) is 16.9. The fourth-order valence-corrected chi connectivity index (χ4v) is 7.17. The minimum Gasteiger partial charge on any atom is -0.493 e. The minimum absolute atomic E-state index is 0.00220. The highest BCUT2D eigenvalue weighted by Crippen LogP contribution is 2.45. The highest BCUT2D eigenvalue weighted by atomic mass is 79.9. The van der Waals surface area contributed by atoms with Crippen LogP contribution in [-0.4, -0.2) is 93.9 Å². The van der Waals surface area contributed by atoms with Crippen LogP contribution >= 0.6 is 27.5 Å². The van der Waals surface area contributed by atoms with Crippen molar-refractivity contribution in [1.82, 2.24) is 25.2 Å². The van der Waals surface area contributed by atoms with Crippen LogP contribution in [0, 0.1) is 11.7 Å². The summed E-state index contributed by atoms with van der Waals surface area (Å²) in [5.74, 6) is -1.17. The number of halogens is 4. The molecule has 3 aromatic rings. The molecule has 5 heterocycles. The topological polar surface area (TPSA) is 140 Å². The summed E-state index contributed by atoms with van der Waals surface area (Å²) in [6, 6.07) is 3.22. The Morgan fingerprint density at radius 1 is 1.29 bits per heavy atom. The van der Waals surface area contributed by atoms with E-state index in [0.717, 1.165) is 24.9 Å². The monoisotopic (exact) mass is 754 g/mol. The second kappa shape index (κ2) is 14.0. The number of rotatable bonds is 10. The van der Waals surface area contributed by atoms with E-state index < -0.39 is 35.1 Å². The number of ether oxygens (including phenoxy) is 4. The normalized spacial score (nSPS) is 24.2. The first-order chi connectivity index (χ1) is 22.8. The van der Waals surface area contributed by atoms with Gasteiger partial charge in [-0.2, -0.15) is 9.97 Å². The van der Waals surface area contributed by atoms with Crippen molar-refractivity contribution in [1.29, 1.82) is 0 Å². The average Bonchev–Trinajstić information content (AvgIpc) is 3.71. The maximum absolute atomic E-state index is 15.5. The zero-order valence-corrected chi connectivity index (χ0v) is 29.2. The zero-order chi connectivity index (χ0) is 34.2. The van der Waals surface area contributed by atoms with Crippen molar-refractivity contribution in [2.45, 2.75) is 69.9 Å². The van der Waals surface area contributed by atoms with E-state index in [2.05, 4.69) is 46.4 Å². The van der Waals surface area contributed by atoms with Crippen LogP contribution in [0.5, 0.6) is 17.6 Å². The van der Waals surface area contributed by atoms with Crippen LogP contribution in [0.4, 0.5) is 19.4 Å². The van der Waals surface area contributed by atoms with E-state index in [1.165, 1.54) is 0 Å². The van der Waals surface area contributed by atoms with E-state index in [9.17, 15) is 14.3 Å². The Balaban J connectivity index is 1.14. The molecule has 0 bridgehead atoms. The quantitative estimate of drug-likeness (QED) is 0.217. The number of hydrogen-bond acceptors (Lipinski definition) is 11. The molecule has 3 saturated heterocycles. The van der Waals surface area contributed by atoms with Gasteiger partial charge in [-0.15, -0.1) is 0 Å². The number of benzene rings is 1. The fourth-order valence-electron chi connectivity index (χ4n) is 6.57. The molecule has 6 rings (SSSR count). The first-order valence-electron chi connectivity index (χ1n) is 15.8. The number of hydrogen-bond donors (Lipinski definition) is 3. The van der Waals surface area contributed by atoms with E-state index in [1.807, 2.05) is 6.07 Å². The zero-order valence-electron chi connectivity index (χ0n) is 26.8. The molecular formula is C32H38BrClF2N6O6. The predicted octanol–water partition coefficient (Wildman–Crippen LogP) is 5.77. The lowest BCUT2D eigenvalue weighted by molar-refractivity contribution is 0.0635. The maximum Gasteiger partial charge on any atom is 0.413 e. The van der Waals surface area contributed by atoms with Gasteiger partial charge < -0.3 is 29.4 Å². The first kappa shape index (κ1) is 34.7. The van der Waals surface area contributed by atoms with Crippen LogP contribution in [0.25, 0.3) is 10.9 Å². The van der Waals surface area contributed by atoms with E-state index in [-0.39, 0.29) is 57.3 Å².